The Morgan fingerprint density at radius 1 is 1.06 bits per heavy atom. The van der Waals surface area contributed by atoms with Crippen molar-refractivity contribution < 1.29 is 19.4 Å². The maximum atomic E-state index is 11.1. The highest BCUT2D eigenvalue weighted by molar-refractivity contribution is 5.94. The molecule has 4 fully saturated rings. The molecule has 182 valence electrons. The number of aromatic carboxylic acids is 1. The van der Waals surface area contributed by atoms with Gasteiger partial charge in [-0.1, -0.05) is 0 Å². The highest BCUT2D eigenvalue weighted by Gasteiger charge is 2.51. The number of benzene rings is 1. The molecule has 4 aliphatic rings. The van der Waals surface area contributed by atoms with E-state index in [9.17, 15) is 4.79 Å². The minimum Gasteiger partial charge on any atom is -0.478 e. The van der Waals surface area contributed by atoms with Crippen LogP contribution in [0, 0.1) is 17.8 Å². The average Bonchev–Trinajstić information content (AvgIpc) is 2.78. The molecule has 0 saturated heterocycles. The van der Waals surface area contributed by atoms with Crippen molar-refractivity contribution in [1.29, 1.82) is 0 Å². The van der Waals surface area contributed by atoms with Crippen LogP contribution in [0.15, 0.2) is 29.3 Å². The van der Waals surface area contributed by atoms with Gasteiger partial charge in [-0.2, -0.15) is 0 Å². The number of ether oxygens (including phenoxy) is 2. The third kappa shape index (κ3) is 6.70. The van der Waals surface area contributed by atoms with E-state index >= 15 is 0 Å². The Morgan fingerprint density at radius 2 is 1.73 bits per heavy atom. The third-order valence-corrected chi connectivity index (χ3v) is 7.32. The molecule has 0 aromatic heterocycles. The number of nitrogens with zero attached hydrogens (tertiary/aromatic N) is 1. The van der Waals surface area contributed by atoms with E-state index in [0.29, 0.717) is 25.7 Å². The summed E-state index contributed by atoms with van der Waals surface area (Å²) in [5.41, 5.74) is 1.24. The summed E-state index contributed by atoms with van der Waals surface area (Å²) in [6.07, 6.45) is 9.91. The number of hydrogen-bond donors (Lipinski definition) is 3. The zero-order valence-corrected chi connectivity index (χ0v) is 19.9. The van der Waals surface area contributed by atoms with Crippen LogP contribution in [0.4, 0.5) is 5.69 Å². The fourth-order valence-electron chi connectivity index (χ4n) is 6.25. The molecule has 1 aromatic rings. The lowest BCUT2D eigenvalue weighted by molar-refractivity contribution is -0.162. The number of carbonyl (C=O) groups is 1. The van der Waals surface area contributed by atoms with Crippen molar-refractivity contribution in [2.45, 2.75) is 63.9 Å². The van der Waals surface area contributed by atoms with Gasteiger partial charge in [-0.05, 0) is 100 Å². The van der Waals surface area contributed by atoms with Gasteiger partial charge in [0, 0.05) is 38.6 Å². The summed E-state index contributed by atoms with van der Waals surface area (Å²) in [6, 6.07) is 6.71. The zero-order chi connectivity index (χ0) is 23.1. The van der Waals surface area contributed by atoms with Gasteiger partial charge < -0.3 is 25.2 Å². The molecule has 7 nitrogen and oxygen atoms in total. The summed E-state index contributed by atoms with van der Waals surface area (Å²) in [4.78, 5) is 15.7. The molecule has 0 radical (unpaired) electrons. The van der Waals surface area contributed by atoms with Crippen LogP contribution in [0.1, 0.15) is 68.6 Å². The molecule has 4 bridgehead atoms. The van der Waals surface area contributed by atoms with Crippen LogP contribution in [-0.2, 0) is 9.47 Å². The molecule has 0 atom stereocenters. The molecule has 0 spiro atoms. The van der Waals surface area contributed by atoms with E-state index in [0.717, 1.165) is 49.4 Å². The van der Waals surface area contributed by atoms with E-state index in [-0.39, 0.29) is 11.2 Å². The first kappa shape index (κ1) is 24.0. The van der Waals surface area contributed by atoms with Crippen molar-refractivity contribution in [3.8, 4) is 0 Å². The van der Waals surface area contributed by atoms with Gasteiger partial charge in [0.25, 0.3) is 0 Å². The Balaban J connectivity index is 1.24. The van der Waals surface area contributed by atoms with Gasteiger partial charge in [-0.3, -0.25) is 4.99 Å². The highest BCUT2D eigenvalue weighted by Crippen LogP contribution is 2.57. The van der Waals surface area contributed by atoms with Crippen molar-refractivity contribution in [1.82, 2.24) is 5.32 Å². The Kier molecular flexibility index (Phi) is 8.25. The second kappa shape index (κ2) is 11.3. The Morgan fingerprint density at radius 3 is 2.33 bits per heavy atom. The van der Waals surface area contributed by atoms with Crippen LogP contribution in [0.5, 0.6) is 0 Å². The molecule has 1 aromatic carbocycles. The molecular weight excluding hydrogens is 418 g/mol. The normalized spacial score (nSPS) is 28.2. The van der Waals surface area contributed by atoms with Gasteiger partial charge in [0.15, 0.2) is 5.96 Å². The molecule has 5 rings (SSSR count). The minimum absolute atomic E-state index is 0.162. The van der Waals surface area contributed by atoms with E-state index in [1.165, 1.54) is 38.5 Å². The van der Waals surface area contributed by atoms with Gasteiger partial charge in [-0.25, -0.2) is 4.79 Å². The molecule has 4 aliphatic carbocycles. The molecule has 7 heteroatoms. The maximum Gasteiger partial charge on any atom is 0.335 e. The van der Waals surface area contributed by atoms with Crippen molar-refractivity contribution in [2.24, 2.45) is 22.7 Å². The second-order valence-corrected chi connectivity index (χ2v) is 10.0. The van der Waals surface area contributed by atoms with E-state index in [4.69, 9.17) is 14.6 Å². The second-order valence-electron chi connectivity index (χ2n) is 10.0. The average molecular weight is 458 g/mol. The molecule has 4 saturated carbocycles. The molecule has 3 N–H and O–H groups in total. The first-order valence-corrected chi connectivity index (χ1v) is 12.7. The highest BCUT2D eigenvalue weighted by atomic mass is 16.5. The largest absolute Gasteiger partial charge is 0.478 e. The van der Waals surface area contributed by atoms with Gasteiger partial charge in [0.2, 0.25) is 0 Å². The monoisotopic (exact) mass is 457 g/mol. The van der Waals surface area contributed by atoms with Gasteiger partial charge in [0.05, 0.1) is 11.2 Å². The number of rotatable bonds is 12. The van der Waals surface area contributed by atoms with E-state index in [1.54, 1.807) is 24.3 Å². The standard InChI is InChI=1S/C26H39N3O4/c1-2-32-11-3-9-27-25(29-23-7-5-22(6-8-23)24(30)31)28-10-4-12-33-26-16-19-13-20(17-26)15-21(14-19)18-26/h5-8,19-21H,2-4,9-18H2,1H3,(H,30,31)(H2,27,28,29). The number of guanidine groups is 1. The van der Waals surface area contributed by atoms with E-state index in [2.05, 4.69) is 15.6 Å². The molecule has 0 aliphatic heterocycles. The number of nitrogens with one attached hydrogen (secondary N) is 2. The first-order valence-electron chi connectivity index (χ1n) is 12.7. The summed E-state index contributed by atoms with van der Waals surface area (Å²) in [6.45, 7) is 5.61. The number of hydrogen-bond acceptors (Lipinski definition) is 4. The van der Waals surface area contributed by atoms with E-state index in [1.807, 2.05) is 6.92 Å². The van der Waals surface area contributed by atoms with Crippen molar-refractivity contribution in [3.05, 3.63) is 29.8 Å². The maximum absolute atomic E-state index is 11.1. The predicted octanol–water partition coefficient (Wildman–Crippen LogP) is 4.54. The topological polar surface area (TPSA) is 92.2 Å². The summed E-state index contributed by atoms with van der Waals surface area (Å²) >= 11 is 0. The fourth-order valence-corrected chi connectivity index (χ4v) is 6.25. The Bertz CT molecular complexity index is 773. The predicted molar refractivity (Wildman–Crippen MR) is 130 cm³/mol. The van der Waals surface area contributed by atoms with Crippen LogP contribution in [0.3, 0.4) is 0 Å². The van der Waals surface area contributed by atoms with E-state index < -0.39 is 5.97 Å². The lowest BCUT2D eigenvalue weighted by Gasteiger charge is -2.56. The van der Waals surface area contributed by atoms with Crippen LogP contribution >= 0.6 is 0 Å². The SMILES string of the molecule is CCOCCCN=C(NCCCOC12CC3CC(CC(C3)C1)C2)Nc1ccc(C(=O)O)cc1. The van der Waals surface area contributed by atoms with Gasteiger partial charge >= 0.3 is 5.97 Å². The quantitative estimate of drug-likeness (QED) is 0.242. The number of aliphatic imine (C=N–C) groups is 1. The van der Waals surface area contributed by atoms with Crippen LogP contribution in [0.2, 0.25) is 0 Å². The lowest BCUT2D eigenvalue weighted by atomic mass is 9.54. The van der Waals surface area contributed by atoms with Gasteiger partial charge in [0.1, 0.15) is 0 Å². The van der Waals surface area contributed by atoms with Crippen molar-refractivity contribution >= 4 is 17.6 Å². The Labute approximate surface area is 197 Å². The molecule has 0 amide bonds. The van der Waals surface area contributed by atoms with Crippen molar-refractivity contribution in [3.63, 3.8) is 0 Å². The van der Waals surface area contributed by atoms with Crippen LogP contribution in [-0.4, -0.2) is 55.5 Å². The summed E-state index contributed by atoms with van der Waals surface area (Å²) < 4.78 is 11.9. The lowest BCUT2D eigenvalue weighted by Crippen LogP contribution is -2.52. The van der Waals surface area contributed by atoms with Crippen molar-refractivity contribution in [2.75, 3.05) is 38.2 Å². The Hall–Kier alpha value is -2.12. The number of carboxylic acid groups (broad SMARTS) is 1. The first-order chi connectivity index (χ1) is 16.0. The molecule has 0 unspecified atom stereocenters. The van der Waals surface area contributed by atoms with Gasteiger partial charge in [-0.15, -0.1) is 0 Å². The summed E-state index contributed by atoms with van der Waals surface area (Å²) in [7, 11) is 0. The van der Waals surface area contributed by atoms with Crippen LogP contribution < -0.4 is 10.6 Å². The minimum atomic E-state index is -0.927. The number of anilines is 1. The third-order valence-electron chi connectivity index (χ3n) is 7.32. The number of carboxylic acids is 1. The fraction of sp³-hybridized carbons (Fsp3) is 0.692. The zero-order valence-electron chi connectivity index (χ0n) is 19.9. The molecule has 0 heterocycles. The summed E-state index contributed by atoms with van der Waals surface area (Å²) in [5, 5.41) is 15.8. The molecular formula is C26H39N3O4. The summed E-state index contributed by atoms with van der Waals surface area (Å²) in [5.74, 6) is 2.48. The molecule has 33 heavy (non-hydrogen) atoms. The smallest absolute Gasteiger partial charge is 0.335 e. The van der Waals surface area contributed by atoms with Crippen LogP contribution in [0.25, 0.3) is 0 Å².